The average molecular weight is 294 g/mol. The number of Topliss-reactive ketones (excluding diaryl/α,β-unsaturated/α-hetero) is 1. The van der Waals surface area contributed by atoms with Crippen LogP contribution in [0.1, 0.15) is 36.0 Å². The van der Waals surface area contributed by atoms with E-state index in [1.54, 1.807) is 18.3 Å². The van der Waals surface area contributed by atoms with Gasteiger partial charge in [0.1, 0.15) is 0 Å². The first-order chi connectivity index (χ1) is 9.38. The summed E-state index contributed by atoms with van der Waals surface area (Å²) in [5.74, 6) is 1.62. The van der Waals surface area contributed by atoms with Gasteiger partial charge in [0.25, 0.3) is 0 Å². The molecule has 1 aliphatic heterocycles. The van der Waals surface area contributed by atoms with Crippen LogP contribution in [0, 0.1) is 11.8 Å². The second-order valence-corrected chi connectivity index (χ2v) is 7.42. The molecule has 0 unspecified atom stereocenters. The maximum atomic E-state index is 11.4. The molecule has 2 heterocycles. The van der Waals surface area contributed by atoms with Gasteiger partial charge in [-0.3, -0.25) is 9.69 Å². The van der Waals surface area contributed by atoms with E-state index in [1.807, 2.05) is 0 Å². The fourth-order valence-electron chi connectivity index (χ4n) is 3.13. The molecule has 0 radical (unpaired) electrons. The molecule has 4 heteroatoms. The largest absolute Gasteiger partial charge is 0.305 e. The molecule has 0 amide bonds. The summed E-state index contributed by atoms with van der Waals surface area (Å²) in [4.78, 5) is 17.1. The molecule has 1 aromatic heterocycles. The Balaban J connectivity index is 2.01. The second-order valence-electron chi connectivity index (χ2n) is 6.51. The number of hydrogen-bond donors (Lipinski definition) is 0. The van der Waals surface area contributed by atoms with Gasteiger partial charge < -0.3 is 4.90 Å². The van der Waals surface area contributed by atoms with Crippen LogP contribution in [0.15, 0.2) is 11.4 Å². The van der Waals surface area contributed by atoms with Crippen LogP contribution in [0.4, 0.5) is 0 Å². The third kappa shape index (κ3) is 3.48. The third-order valence-electron chi connectivity index (χ3n) is 4.34. The lowest BCUT2D eigenvalue weighted by atomic mass is 9.91. The quantitative estimate of drug-likeness (QED) is 0.780. The zero-order valence-electron chi connectivity index (χ0n) is 13.2. The van der Waals surface area contributed by atoms with E-state index in [2.05, 4.69) is 49.2 Å². The molecular weight excluding hydrogens is 268 g/mol. The van der Waals surface area contributed by atoms with E-state index in [0.29, 0.717) is 12.0 Å². The van der Waals surface area contributed by atoms with Gasteiger partial charge in [0.05, 0.1) is 4.88 Å². The summed E-state index contributed by atoms with van der Waals surface area (Å²) in [5, 5.41) is 2.13. The summed E-state index contributed by atoms with van der Waals surface area (Å²) in [6, 6.07) is 2.70. The van der Waals surface area contributed by atoms with E-state index in [9.17, 15) is 4.79 Å². The number of likely N-dealkylation sites (tertiary alicyclic amines) is 1. The first-order valence-electron chi connectivity index (χ1n) is 7.35. The van der Waals surface area contributed by atoms with Gasteiger partial charge in [0, 0.05) is 25.7 Å². The van der Waals surface area contributed by atoms with Crippen molar-refractivity contribution in [2.75, 3.05) is 27.2 Å². The first-order valence-corrected chi connectivity index (χ1v) is 8.23. The van der Waals surface area contributed by atoms with Crippen LogP contribution in [0.3, 0.4) is 0 Å². The van der Waals surface area contributed by atoms with Crippen molar-refractivity contribution in [1.82, 2.24) is 9.80 Å². The van der Waals surface area contributed by atoms with Crippen LogP contribution in [0.2, 0.25) is 0 Å². The molecule has 20 heavy (non-hydrogen) atoms. The fraction of sp³-hybridized carbons (Fsp3) is 0.688. The van der Waals surface area contributed by atoms with Gasteiger partial charge in [-0.1, -0.05) is 13.8 Å². The topological polar surface area (TPSA) is 23.6 Å². The molecule has 2 atom stereocenters. The predicted molar refractivity (Wildman–Crippen MR) is 85.4 cm³/mol. The highest BCUT2D eigenvalue weighted by atomic mass is 32.1. The van der Waals surface area contributed by atoms with Crippen LogP contribution in [0.25, 0.3) is 0 Å². The molecule has 0 spiro atoms. The Morgan fingerprint density at radius 2 is 2.15 bits per heavy atom. The predicted octanol–water partition coefficient (Wildman–Crippen LogP) is 2.97. The first kappa shape index (κ1) is 15.7. The summed E-state index contributed by atoms with van der Waals surface area (Å²) in [6.07, 6.45) is 0. The van der Waals surface area contributed by atoms with Gasteiger partial charge in [-0.15, -0.1) is 11.3 Å². The summed E-state index contributed by atoms with van der Waals surface area (Å²) in [7, 11) is 4.37. The second kappa shape index (κ2) is 6.37. The number of nitrogens with zero attached hydrogens (tertiary/aromatic N) is 2. The van der Waals surface area contributed by atoms with Crippen molar-refractivity contribution >= 4 is 17.1 Å². The molecule has 0 N–H and O–H groups in total. The lowest BCUT2D eigenvalue weighted by Crippen LogP contribution is -2.37. The number of carbonyl (C=O) groups is 1. The maximum absolute atomic E-state index is 11.4. The third-order valence-corrected chi connectivity index (χ3v) is 5.41. The molecule has 1 aromatic rings. The summed E-state index contributed by atoms with van der Waals surface area (Å²) < 4.78 is 0. The molecular formula is C16H26N2OS. The molecule has 112 valence electrons. The zero-order chi connectivity index (χ0) is 14.9. The van der Waals surface area contributed by atoms with Gasteiger partial charge in [-0.25, -0.2) is 0 Å². The van der Waals surface area contributed by atoms with Crippen LogP contribution >= 0.6 is 11.3 Å². The lowest BCUT2D eigenvalue weighted by molar-refractivity contribution is 0.102. The summed E-state index contributed by atoms with van der Waals surface area (Å²) in [5.41, 5.74) is 1.28. The molecule has 1 saturated heterocycles. The van der Waals surface area contributed by atoms with Gasteiger partial charge in [0.2, 0.25) is 0 Å². The molecule has 0 aliphatic carbocycles. The highest BCUT2D eigenvalue weighted by molar-refractivity contribution is 7.12. The minimum Gasteiger partial charge on any atom is -0.305 e. The number of hydrogen-bond acceptors (Lipinski definition) is 4. The molecule has 1 aliphatic rings. The van der Waals surface area contributed by atoms with E-state index >= 15 is 0 Å². The minimum atomic E-state index is 0.175. The number of carbonyl (C=O) groups excluding carboxylic acids is 1. The fourth-order valence-corrected chi connectivity index (χ4v) is 3.93. The highest BCUT2D eigenvalue weighted by Crippen LogP contribution is 2.29. The molecule has 1 fully saturated rings. The molecule has 3 nitrogen and oxygen atoms in total. The van der Waals surface area contributed by atoms with E-state index in [-0.39, 0.29) is 5.78 Å². The van der Waals surface area contributed by atoms with E-state index < -0.39 is 0 Å². The Labute approximate surface area is 126 Å². The Morgan fingerprint density at radius 1 is 1.45 bits per heavy atom. The summed E-state index contributed by atoms with van der Waals surface area (Å²) in [6.45, 7) is 9.54. The Kier molecular flexibility index (Phi) is 4.99. The average Bonchev–Trinajstić information content (AvgIpc) is 2.96. The van der Waals surface area contributed by atoms with E-state index in [4.69, 9.17) is 0 Å². The normalized spacial score (nSPS) is 23.9. The maximum Gasteiger partial charge on any atom is 0.169 e. The monoisotopic (exact) mass is 294 g/mol. The molecule has 0 saturated carbocycles. The Hall–Kier alpha value is -0.710. The number of ketones is 1. The molecule has 0 bridgehead atoms. The smallest absolute Gasteiger partial charge is 0.169 e. The summed E-state index contributed by atoms with van der Waals surface area (Å²) >= 11 is 1.57. The zero-order valence-corrected chi connectivity index (χ0v) is 14.0. The van der Waals surface area contributed by atoms with Crippen molar-refractivity contribution < 1.29 is 4.79 Å². The van der Waals surface area contributed by atoms with Crippen molar-refractivity contribution in [3.8, 4) is 0 Å². The van der Waals surface area contributed by atoms with Crippen LogP contribution < -0.4 is 0 Å². The van der Waals surface area contributed by atoms with Crippen molar-refractivity contribution in [1.29, 1.82) is 0 Å². The number of rotatable bonds is 5. The van der Waals surface area contributed by atoms with Crippen LogP contribution in [-0.2, 0) is 6.54 Å². The van der Waals surface area contributed by atoms with Crippen LogP contribution in [0.5, 0.6) is 0 Å². The van der Waals surface area contributed by atoms with Crippen LogP contribution in [-0.4, -0.2) is 48.8 Å². The van der Waals surface area contributed by atoms with Crippen molar-refractivity contribution in [3.63, 3.8) is 0 Å². The van der Waals surface area contributed by atoms with Gasteiger partial charge in [-0.05, 0) is 49.9 Å². The lowest BCUT2D eigenvalue weighted by Gasteiger charge is -2.27. The molecule has 0 aromatic carbocycles. The van der Waals surface area contributed by atoms with Crippen molar-refractivity contribution in [2.45, 2.75) is 33.4 Å². The Morgan fingerprint density at radius 3 is 2.60 bits per heavy atom. The number of likely N-dealkylation sites (N-methyl/N-ethyl adjacent to an activating group) is 1. The molecule has 2 rings (SSSR count). The highest BCUT2D eigenvalue weighted by Gasteiger charge is 2.35. The standard InChI is InChI=1S/C16H26N2OS/c1-11(2)14-8-18(9-15(14)17(4)5)7-13-6-16(12(3)19)20-10-13/h6,10-11,14-15H,7-9H2,1-5H3/t14-,15+/m0/s1. The van der Waals surface area contributed by atoms with E-state index in [1.165, 1.54) is 5.56 Å². The van der Waals surface area contributed by atoms with Gasteiger partial charge >= 0.3 is 0 Å². The van der Waals surface area contributed by atoms with Gasteiger partial charge in [0.15, 0.2) is 5.78 Å². The number of thiophene rings is 1. The van der Waals surface area contributed by atoms with E-state index in [0.717, 1.165) is 30.4 Å². The van der Waals surface area contributed by atoms with Crippen molar-refractivity contribution in [3.05, 3.63) is 21.9 Å². The SMILES string of the molecule is CC(=O)c1cc(CN2C[C@@H](N(C)C)[C@H](C(C)C)C2)cs1. The van der Waals surface area contributed by atoms with Gasteiger partial charge in [-0.2, -0.15) is 0 Å². The minimum absolute atomic E-state index is 0.175. The van der Waals surface area contributed by atoms with Crippen molar-refractivity contribution in [2.24, 2.45) is 11.8 Å². The Bertz CT molecular complexity index is 451.